The zero-order chi connectivity index (χ0) is 14.8. The minimum Gasteiger partial charge on any atom is -0.390 e. The average molecular weight is 293 g/mol. The number of carbonyl (C=O) groups excluding carboxylic acids is 1. The Bertz CT molecular complexity index is 525. The van der Waals surface area contributed by atoms with Gasteiger partial charge in [0.2, 0.25) is 0 Å². The second kappa shape index (κ2) is 5.99. The van der Waals surface area contributed by atoms with Gasteiger partial charge >= 0.3 is 6.03 Å². The van der Waals surface area contributed by atoms with E-state index in [0.717, 1.165) is 13.0 Å². The fourth-order valence-corrected chi connectivity index (χ4v) is 2.86. The summed E-state index contributed by atoms with van der Waals surface area (Å²) >= 11 is 0. The third-order valence-electron chi connectivity index (χ3n) is 4.18. The normalized spacial score (nSPS) is 31.5. The molecule has 0 spiro atoms. The number of carbonyl (C=O) groups is 1. The highest BCUT2D eigenvalue weighted by atomic mass is 19.1. The van der Waals surface area contributed by atoms with E-state index in [1.54, 1.807) is 18.2 Å². The maximum atomic E-state index is 13.6. The van der Waals surface area contributed by atoms with E-state index in [1.807, 2.05) is 0 Å². The van der Waals surface area contributed by atoms with E-state index in [1.165, 1.54) is 6.07 Å². The summed E-state index contributed by atoms with van der Waals surface area (Å²) in [4.78, 5) is 11.9. The van der Waals surface area contributed by atoms with Crippen molar-refractivity contribution in [2.45, 2.75) is 36.9 Å². The molecule has 1 aliphatic heterocycles. The fraction of sp³-hybridized carbons (Fsp3) is 0.533. The minimum absolute atomic E-state index is 0.0271. The van der Waals surface area contributed by atoms with Crippen molar-refractivity contribution < 1.29 is 14.3 Å². The zero-order valence-corrected chi connectivity index (χ0v) is 11.7. The Morgan fingerprint density at radius 2 is 2.05 bits per heavy atom. The molecular formula is C15H20FN3O2. The fourth-order valence-electron chi connectivity index (χ4n) is 2.86. The van der Waals surface area contributed by atoms with Gasteiger partial charge in [-0.2, -0.15) is 0 Å². The van der Waals surface area contributed by atoms with Crippen LogP contribution >= 0.6 is 0 Å². The Kier molecular flexibility index (Phi) is 4.07. The predicted molar refractivity (Wildman–Crippen MR) is 76.5 cm³/mol. The summed E-state index contributed by atoms with van der Waals surface area (Å²) in [5.74, 6) is -0.170. The Hall–Kier alpha value is -1.66. The second-order valence-electron chi connectivity index (χ2n) is 5.75. The topological polar surface area (TPSA) is 73.4 Å². The molecule has 1 aromatic rings. The van der Waals surface area contributed by atoms with Gasteiger partial charge in [-0.05, 0) is 31.0 Å². The van der Waals surface area contributed by atoms with Crippen LogP contribution in [-0.4, -0.2) is 42.4 Å². The van der Waals surface area contributed by atoms with Crippen molar-refractivity contribution in [3.8, 4) is 0 Å². The molecule has 2 aliphatic rings. The molecule has 0 aromatic heterocycles. The van der Waals surface area contributed by atoms with Crippen molar-refractivity contribution in [3.63, 3.8) is 0 Å². The van der Waals surface area contributed by atoms with Gasteiger partial charge in [-0.15, -0.1) is 0 Å². The van der Waals surface area contributed by atoms with Crippen molar-refractivity contribution in [3.05, 3.63) is 35.6 Å². The van der Waals surface area contributed by atoms with Crippen molar-refractivity contribution >= 4 is 6.03 Å². The third kappa shape index (κ3) is 3.33. The summed E-state index contributed by atoms with van der Waals surface area (Å²) in [6, 6.07) is 6.13. The van der Waals surface area contributed by atoms with Crippen LogP contribution in [0.15, 0.2) is 24.3 Å². The van der Waals surface area contributed by atoms with Crippen LogP contribution in [0, 0.1) is 5.82 Å². The maximum Gasteiger partial charge on any atom is 0.315 e. The monoisotopic (exact) mass is 293 g/mol. The molecule has 1 heterocycles. The molecule has 114 valence electrons. The van der Waals surface area contributed by atoms with E-state index in [-0.39, 0.29) is 29.8 Å². The van der Waals surface area contributed by atoms with Crippen LogP contribution in [0.2, 0.25) is 0 Å². The average Bonchev–Trinajstić information content (AvgIpc) is 3.21. The summed E-state index contributed by atoms with van der Waals surface area (Å²) in [6.45, 7) is 1.27. The summed E-state index contributed by atoms with van der Waals surface area (Å²) in [5, 5.41) is 18.5. The lowest BCUT2D eigenvalue weighted by molar-refractivity contribution is 0.106. The van der Waals surface area contributed by atoms with Crippen LogP contribution in [0.3, 0.4) is 0 Å². The molecule has 2 amide bonds. The minimum atomic E-state index is -0.564. The Balaban J connectivity index is 1.50. The van der Waals surface area contributed by atoms with Crippen LogP contribution in [0.5, 0.6) is 0 Å². The maximum absolute atomic E-state index is 13.6. The summed E-state index contributed by atoms with van der Waals surface area (Å²) in [5.41, 5.74) is 0.657. The summed E-state index contributed by atoms with van der Waals surface area (Å²) < 4.78 is 13.6. The molecule has 21 heavy (non-hydrogen) atoms. The van der Waals surface area contributed by atoms with Crippen LogP contribution < -0.4 is 16.0 Å². The number of amides is 2. The SMILES string of the molecule is O=C(NC1CCNCC1O)N[C@@H]1C[C@H]1c1ccccc1F. The highest BCUT2D eigenvalue weighted by Gasteiger charge is 2.41. The number of hydrogen-bond acceptors (Lipinski definition) is 3. The highest BCUT2D eigenvalue weighted by molar-refractivity contribution is 5.75. The molecule has 5 nitrogen and oxygen atoms in total. The van der Waals surface area contributed by atoms with E-state index in [9.17, 15) is 14.3 Å². The van der Waals surface area contributed by atoms with Gasteiger partial charge < -0.3 is 21.1 Å². The lowest BCUT2D eigenvalue weighted by Crippen LogP contribution is -2.55. The number of hydrogen-bond donors (Lipinski definition) is 4. The number of rotatable bonds is 3. The van der Waals surface area contributed by atoms with E-state index in [2.05, 4.69) is 16.0 Å². The van der Waals surface area contributed by atoms with Gasteiger partial charge in [-0.25, -0.2) is 9.18 Å². The Morgan fingerprint density at radius 1 is 1.29 bits per heavy atom. The molecule has 3 rings (SSSR count). The smallest absolute Gasteiger partial charge is 0.315 e. The number of nitrogens with one attached hydrogen (secondary N) is 3. The molecule has 1 aromatic carbocycles. The number of aliphatic hydroxyl groups excluding tert-OH is 1. The summed E-state index contributed by atoms with van der Waals surface area (Å²) in [6.07, 6.45) is 0.894. The molecule has 4 atom stereocenters. The molecule has 1 saturated heterocycles. The van der Waals surface area contributed by atoms with Crippen LogP contribution in [0.4, 0.5) is 9.18 Å². The molecule has 0 radical (unpaired) electrons. The van der Waals surface area contributed by atoms with Gasteiger partial charge in [0.05, 0.1) is 12.1 Å². The highest BCUT2D eigenvalue weighted by Crippen LogP contribution is 2.41. The molecule has 4 N–H and O–H groups in total. The standard InChI is InChI=1S/C15H20FN3O2/c16-11-4-2-1-3-9(11)10-7-13(10)19-15(21)18-12-5-6-17-8-14(12)20/h1-4,10,12-14,17,20H,5-8H2,(H2,18,19,21)/t10-,12?,13+,14?/m0/s1. The van der Waals surface area contributed by atoms with E-state index in [0.29, 0.717) is 18.5 Å². The first kappa shape index (κ1) is 14.3. The molecule has 0 bridgehead atoms. The second-order valence-corrected chi connectivity index (χ2v) is 5.75. The number of urea groups is 1. The lowest BCUT2D eigenvalue weighted by Gasteiger charge is -2.29. The van der Waals surface area contributed by atoms with Crippen molar-refractivity contribution in [2.24, 2.45) is 0 Å². The summed E-state index contributed by atoms with van der Waals surface area (Å²) in [7, 11) is 0. The van der Waals surface area contributed by atoms with E-state index < -0.39 is 6.10 Å². The molecule has 2 fully saturated rings. The quantitative estimate of drug-likeness (QED) is 0.663. The number of β-amino-alcohol motifs (C(OH)–C–C–N with tert-alkyl or cyclic N) is 1. The third-order valence-corrected chi connectivity index (χ3v) is 4.18. The first-order valence-electron chi connectivity index (χ1n) is 7.35. The molecule has 1 aliphatic carbocycles. The van der Waals surface area contributed by atoms with Gasteiger partial charge in [0, 0.05) is 18.5 Å². The van der Waals surface area contributed by atoms with Crippen LogP contribution in [0.25, 0.3) is 0 Å². The molecule has 2 unspecified atom stereocenters. The Labute approximate surface area is 122 Å². The van der Waals surface area contributed by atoms with E-state index in [4.69, 9.17) is 0 Å². The molecule has 6 heteroatoms. The first-order valence-corrected chi connectivity index (χ1v) is 7.35. The Morgan fingerprint density at radius 3 is 2.81 bits per heavy atom. The number of piperidine rings is 1. The lowest BCUT2D eigenvalue weighted by atomic mass is 10.0. The van der Waals surface area contributed by atoms with Crippen molar-refractivity contribution in [2.75, 3.05) is 13.1 Å². The van der Waals surface area contributed by atoms with Crippen LogP contribution in [0.1, 0.15) is 24.3 Å². The molecular weight excluding hydrogens is 273 g/mol. The van der Waals surface area contributed by atoms with Gasteiger partial charge in [-0.1, -0.05) is 18.2 Å². The predicted octanol–water partition coefficient (Wildman–Crippen LogP) is 0.704. The number of aliphatic hydroxyl groups is 1. The zero-order valence-electron chi connectivity index (χ0n) is 11.7. The number of halogens is 1. The van der Waals surface area contributed by atoms with Gasteiger partial charge in [0.15, 0.2) is 0 Å². The van der Waals surface area contributed by atoms with Crippen molar-refractivity contribution in [1.82, 2.24) is 16.0 Å². The van der Waals surface area contributed by atoms with Gasteiger partial charge in [0.1, 0.15) is 5.82 Å². The van der Waals surface area contributed by atoms with Gasteiger partial charge in [0.25, 0.3) is 0 Å². The number of benzene rings is 1. The largest absolute Gasteiger partial charge is 0.390 e. The van der Waals surface area contributed by atoms with E-state index >= 15 is 0 Å². The van der Waals surface area contributed by atoms with Gasteiger partial charge in [-0.3, -0.25) is 0 Å². The molecule has 1 saturated carbocycles. The first-order chi connectivity index (χ1) is 10.1. The van der Waals surface area contributed by atoms with Crippen LogP contribution in [-0.2, 0) is 0 Å². The van der Waals surface area contributed by atoms with Crippen molar-refractivity contribution in [1.29, 1.82) is 0 Å².